The zero-order valence-electron chi connectivity index (χ0n) is 15.5. The van der Waals surface area contributed by atoms with E-state index in [-0.39, 0.29) is 33.0 Å². The Bertz CT molecular complexity index is 1260. The fraction of sp³-hybridized carbons (Fsp3) is 0.158. The minimum absolute atomic E-state index is 0.0461. The number of aromatic nitrogens is 1. The molecule has 0 bridgehead atoms. The van der Waals surface area contributed by atoms with Crippen molar-refractivity contribution in [1.29, 1.82) is 0 Å². The number of aromatic carboxylic acids is 1. The first kappa shape index (κ1) is 20.2. The Morgan fingerprint density at radius 2 is 1.90 bits per heavy atom. The predicted molar refractivity (Wildman–Crippen MR) is 105 cm³/mol. The van der Waals surface area contributed by atoms with Crippen molar-refractivity contribution < 1.29 is 33.0 Å². The van der Waals surface area contributed by atoms with E-state index < -0.39 is 27.5 Å². The van der Waals surface area contributed by atoms with Crippen LogP contribution in [-0.4, -0.2) is 48.4 Å². The third-order valence-corrected chi connectivity index (χ3v) is 6.34. The van der Waals surface area contributed by atoms with Crippen molar-refractivity contribution in [2.45, 2.75) is 11.8 Å². The molecule has 1 heterocycles. The first-order valence-electron chi connectivity index (χ1n) is 8.43. The van der Waals surface area contributed by atoms with Gasteiger partial charge in [0.15, 0.2) is 9.84 Å². The molecule has 0 aliphatic heterocycles. The maximum Gasteiger partial charge on any atom is 0.352 e. The zero-order chi connectivity index (χ0) is 21.5. The molecule has 152 valence electrons. The molecule has 3 rings (SSSR count). The van der Waals surface area contributed by atoms with Gasteiger partial charge in [0.2, 0.25) is 0 Å². The number of carbonyl (C=O) groups is 2. The molecule has 0 aliphatic rings. The lowest BCUT2D eigenvalue weighted by Gasteiger charge is -2.13. The summed E-state index contributed by atoms with van der Waals surface area (Å²) < 4.78 is 30.6. The molecule has 1 aromatic heterocycles. The highest BCUT2D eigenvalue weighted by Crippen LogP contribution is 2.40. The van der Waals surface area contributed by atoms with Crippen molar-refractivity contribution in [3.8, 4) is 22.6 Å². The van der Waals surface area contributed by atoms with Crippen LogP contribution in [0.1, 0.15) is 27.8 Å². The van der Waals surface area contributed by atoms with Gasteiger partial charge in [0.05, 0.1) is 23.3 Å². The van der Waals surface area contributed by atoms with Crippen LogP contribution in [-0.2, 0) is 9.84 Å². The molecule has 29 heavy (non-hydrogen) atoms. The van der Waals surface area contributed by atoms with E-state index in [1.165, 1.54) is 14.0 Å². The topological polar surface area (TPSA) is 160 Å². The minimum atomic E-state index is -3.91. The lowest BCUT2D eigenvalue weighted by Crippen LogP contribution is -2.14. The number of carboxylic acids is 1. The van der Waals surface area contributed by atoms with Gasteiger partial charge >= 0.3 is 5.97 Å². The smallest absolute Gasteiger partial charge is 0.352 e. The van der Waals surface area contributed by atoms with Gasteiger partial charge < -0.3 is 25.7 Å². The van der Waals surface area contributed by atoms with Crippen LogP contribution in [0.5, 0.6) is 11.5 Å². The van der Waals surface area contributed by atoms with Crippen LogP contribution in [0.15, 0.2) is 35.2 Å². The summed E-state index contributed by atoms with van der Waals surface area (Å²) in [6.07, 6.45) is 0. The van der Waals surface area contributed by atoms with Gasteiger partial charge in [0.1, 0.15) is 17.2 Å². The number of rotatable bonds is 6. The second-order valence-electron chi connectivity index (χ2n) is 6.22. The number of nitrogens with one attached hydrogen (secondary N) is 1. The van der Waals surface area contributed by atoms with E-state index in [9.17, 15) is 28.2 Å². The molecule has 0 atom stereocenters. The van der Waals surface area contributed by atoms with Gasteiger partial charge in [0.25, 0.3) is 5.91 Å². The Hall–Kier alpha value is -3.53. The summed E-state index contributed by atoms with van der Waals surface area (Å²) >= 11 is 0. The number of fused-ring (bicyclic) bond motifs is 1. The van der Waals surface area contributed by atoms with E-state index in [1.54, 1.807) is 18.2 Å². The molecule has 0 saturated carbocycles. The van der Waals surface area contributed by atoms with Crippen LogP contribution in [0.2, 0.25) is 0 Å². The highest BCUT2D eigenvalue weighted by Gasteiger charge is 2.28. The predicted octanol–water partition coefficient (Wildman–Crippen LogP) is 2.14. The molecule has 2 aromatic carbocycles. The van der Waals surface area contributed by atoms with Gasteiger partial charge in [-0.25, -0.2) is 13.2 Å². The Morgan fingerprint density at radius 1 is 1.21 bits per heavy atom. The van der Waals surface area contributed by atoms with Crippen LogP contribution in [0, 0.1) is 0 Å². The molecular weight excluding hydrogens is 400 g/mol. The molecule has 5 N–H and O–H groups in total. The Kier molecular flexibility index (Phi) is 4.97. The number of aromatic amines is 1. The Labute approximate surface area is 165 Å². The second kappa shape index (κ2) is 7.13. The molecule has 0 fully saturated rings. The Balaban J connectivity index is 2.52. The summed E-state index contributed by atoms with van der Waals surface area (Å²) in [5.41, 5.74) is 4.99. The number of aromatic hydroxyl groups is 1. The third-order valence-electron chi connectivity index (χ3n) is 4.57. The number of phenols is 1. The van der Waals surface area contributed by atoms with Gasteiger partial charge in [-0.2, -0.15) is 0 Å². The van der Waals surface area contributed by atoms with Gasteiger partial charge in [-0.15, -0.1) is 0 Å². The lowest BCUT2D eigenvalue weighted by molar-refractivity contribution is 0.0692. The largest absolute Gasteiger partial charge is 0.507 e. The van der Waals surface area contributed by atoms with Crippen LogP contribution < -0.4 is 10.5 Å². The maximum absolute atomic E-state index is 12.7. The number of carboxylic acid groups (broad SMARTS) is 1. The average molecular weight is 418 g/mol. The number of nitrogens with two attached hydrogens (primary N) is 1. The maximum atomic E-state index is 12.7. The lowest BCUT2D eigenvalue weighted by atomic mass is 9.99. The summed E-state index contributed by atoms with van der Waals surface area (Å²) in [4.78, 5) is 25.9. The average Bonchev–Trinajstić information content (AvgIpc) is 3.05. The molecule has 1 amide bonds. The number of methoxy groups -OCH3 is 1. The first-order chi connectivity index (χ1) is 13.6. The zero-order valence-corrected chi connectivity index (χ0v) is 16.3. The van der Waals surface area contributed by atoms with Crippen LogP contribution in [0.25, 0.3) is 22.0 Å². The summed E-state index contributed by atoms with van der Waals surface area (Å²) in [5.74, 6) is -2.78. The summed E-state index contributed by atoms with van der Waals surface area (Å²) in [7, 11) is -2.47. The highest BCUT2D eigenvalue weighted by molar-refractivity contribution is 7.91. The third kappa shape index (κ3) is 3.38. The molecule has 0 radical (unpaired) electrons. The normalized spacial score (nSPS) is 11.5. The van der Waals surface area contributed by atoms with Gasteiger partial charge in [0, 0.05) is 22.0 Å². The Morgan fingerprint density at radius 3 is 2.45 bits per heavy atom. The van der Waals surface area contributed by atoms with Crippen LogP contribution in [0.4, 0.5) is 0 Å². The number of hydrogen-bond donors (Lipinski definition) is 4. The molecular formula is C19H18N2O7S. The van der Waals surface area contributed by atoms with Gasteiger partial charge in [-0.3, -0.25) is 4.79 Å². The van der Waals surface area contributed by atoms with E-state index in [0.29, 0.717) is 16.7 Å². The monoisotopic (exact) mass is 418 g/mol. The molecule has 3 aromatic rings. The number of H-pyrrole nitrogens is 1. The quantitative estimate of drug-likeness (QED) is 0.477. The van der Waals surface area contributed by atoms with E-state index >= 15 is 0 Å². The van der Waals surface area contributed by atoms with Crippen molar-refractivity contribution in [2.75, 3.05) is 12.9 Å². The van der Waals surface area contributed by atoms with Gasteiger partial charge in [-0.05, 0) is 30.3 Å². The van der Waals surface area contributed by atoms with Crippen molar-refractivity contribution in [1.82, 2.24) is 4.98 Å². The number of primary amides is 1. The summed E-state index contributed by atoms with van der Waals surface area (Å²) in [6.45, 7) is 1.41. The number of sulfone groups is 1. The highest BCUT2D eigenvalue weighted by atomic mass is 32.2. The van der Waals surface area contributed by atoms with E-state index in [2.05, 4.69) is 4.98 Å². The van der Waals surface area contributed by atoms with E-state index in [0.717, 1.165) is 12.1 Å². The van der Waals surface area contributed by atoms with Crippen LogP contribution >= 0.6 is 0 Å². The van der Waals surface area contributed by atoms with Crippen molar-refractivity contribution >= 4 is 32.6 Å². The minimum Gasteiger partial charge on any atom is -0.507 e. The van der Waals surface area contributed by atoms with Crippen molar-refractivity contribution in [3.63, 3.8) is 0 Å². The standard InChI is InChI=1S/C19H18N2O7S/c1-3-29(26,27)15-8-11(18(20)23)14(22)7-12(15)16-10-6-9(28-2)4-5-13(10)21-17(16)19(24)25/h4-8,21-22H,3H2,1-2H3,(H2,20,23)(H,24,25). The molecule has 0 saturated heterocycles. The molecule has 10 heteroatoms. The van der Waals surface area contributed by atoms with Crippen molar-refractivity contribution in [3.05, 3.63) is 41.6 Å². The van der Waals surface area contributed by atoms with E-state index in [1.807, 2.05) is 0 Å². The molecule has 0 spiro atoms. The van der Waals surface area contributed by atoms with Gasteiger partial charge in [-0.1, -0.05) is 6.92 Å². The molecule has 0 aliphatic carbocycles. The number of hydrogen-bond acceptors (Lipinski definition) is 6. The second-order valence-corrected chi connectivity index (χ2v) is 8.47. The fourth-order valence-electron chi connectivity index (χ4n) is 3.11. The summed E-state index contributed by atoms with van der Waals surface area (Å²) in [6, 6.07) is 6.77. The molecule has 9 nitrogen and oxygen atoms in total. The number of benzene rings is 2. The number of amides is 1. The first-order valence-corrected chi connectivity index (χ1v) is 10.1. The number of carbonyl (C=O) groups excluding carboxylic acids is 1. The number of ether oxygens (including phenoxy) is 1. The molecule has 0 unspecified atom stereocenters. The van der Waals surface area contributed by atoms with E-state index in [4.69, 9.17) is 10.5 Å². The SMILES string of the molecule is CCS(=O)(=O)c1cc(C(N)=O)c(O)cc1-c1c(C(=O)O)[nH]c2ccc(OC)cc12. The van der Waals surface area contributed by atoms with Crippen molar-refractivity contribution in [2.24, 2.45) is 5.73 Å². The van der Waals surface area contributed by atoms with Crippen LogP contribution in [0.3, 0.4) is 0 Å². The fourth-order valence-corrected chi connectivity index (χ4v) is 4.22. The summed E-state index contributed by atoms with van der Waals surface area (Å²) in [5, 5.41) is 20.3.